The van der Waals surface area contributed by atoms with Gasteiger partial charge in [0.15, 0.2) is 0 Å². The zero-order valence-electron chi connectivity index (χ0n) is 17.0. The van der Waals surface area contributed by atoms with Crippen molar-refractivity contribution in [3.63, 3.8) is 0 Å². The number of nitrogens with one attached hydrogen (secondary N) is 1. The Bertz CT molecular complexity index is 591. The van der Waals surface area contributed by atoms with Gasteiger partial charge in [-0.05, 0) is 48.9 Å². The van der Waals surface area contributed by atoms with E-state index in [1.54, 1.807) is 0 Å². The standard InChI is InChI=1S/C22H35N3O2/c1-18-13-19(2)16-25(15-18)8-4-7-23-22(26)21-6-3-5-20(14-21)17-24-9-11-27-12-10-24/h3,5-6,14,18-19H,4,7-13,15-17H2,1-2H3,(H,23,26)/t18-,19+. The number of hydrogen-bond acceptors (Lipinski definition) is 4. The Labute approximate surface area is 164 Å². The number of ether oxygens (including phenoxy) is 1. The number of likely N-dealkylation sites (tertiary alicyclic amines) is 1. The number of piperidine rings is 1. The number of rotatable bonds is 7. The van der Waals surface area contributed by atoms with Gasteiger partial charge in [0.05, 0.1) is 13.2 Å². The number of carbonyl (C=O) groups excluding carboxylic acids is 1. The molecule has 5 nitrogen and oxygen atoms in total. The maximum absolute atomic E-state index is 12.5. The summed E-state index contributed by atoms with van der Waals surface area (Å²) in [7, 11) is 0. The van der Waals surface area contributed by atoms with E-state index >= 15 is 0 Å². The summed E-state index contributed by atoms with van der Waals surface area (Å²) in [6.07, 6.45) is 2.35. The first-order valence-electron chi connectivity index (χ1n) is 10.5. The molecule has 1 amide bonds. The van der Waals surface area contributed by atoms with Gasteiger partial charge in [-0.1, -0.05) is 26.0 Å². The molecule has 0 bridgehead atoms. The van der Waals surface area contributed by atoms with Crippen LogP contribution in [-0.2, 0) is 11.3 Å². The van der Waals surface area contributed by atoms with Crippen LogP contribution < -0.4 is 5.32 Å². The second-order valence-corrected chi connectivity index (χ2v) is 8.40. The molecule has 2 aliphatic heterocycles. The molecule has 2 atom stereocenters. The maximum atomic E-state index is 12.5. The molecule has 1 aromatic rings. The van der Waals surface area contributed by atoms with E-state index in [-0.39, 0.29) is 5.91 Å². The first-order chi connectivity index (χ1) is 13.1. The minimum Gasteiger partial charge on any atom is -0.379 e. The molecule has 150 valence electrons. The molecule has 0 unspecified atom stereocenters. The normalized spacial score (nSPS) is 24.7. The van der Waals surface area contributed by atoms with Crippen LogP contribution in [0.5, 0.6) is 0 Å². The Morgan fingerprint density at radius 1 is 1.15 bits per heavy atom. The van der Waals surface area contributed by atoms with Crippen LogP contribution in [0.3, 0.4) is 0 Å². The van der Waals surface area contributed by atoms with Crippen LogP contribution in [0.4, 0.5) is 0 Å². The molecule has 0 aromatic heterocycles. The highest BCUT2D eigenvalue weighted by atomic mass is 16.5. The molecule has 2 aliphatic rings. The van der Waals surface area contributed by atoms with Crippen LogP contribution in [0, 0.1) is 11.8 Å². The van der Waals surface area contributed by atoms with E-state index in [0.717, 1.165) is 69.8 Å². The molecular formula is C22H35N3O2. The number of morpholine rings is 1. The van der Waals surface area contributed by atoms with E-state index < -0.39 is 0 Å². The smallest absolute Gasteiger partial charge is 0.251 e. The van der Waals surface area contributed by atoms with Crippen LogP contribution in [0.15, 0.2) is 24.3 Å². The Balaban J connectivity index is 1.40. The minimum absolute atomic E-state index is 0.0409. The van der Waals surface area contributed by atoms with Gasteiger partial charge < -0.3 is 15.0 Å². The molecule has 2 saturated heterocycles. The van der Waals surface area contributed by atoms with Gasteiger partial charge in [-0.15, -0.1) is 0 Å². The number of carbonyl (C=O) groups is 1. The van der Waals surface area contributed by atoms with Crippen molar-refractivity contribution in [3.05, 3.63) is 35.4 Å². The summed E-state index contributed by atoms with van der Waals surface area (Å²) in [6, 6.07) is 8.02. The van der Waals surface area contributed by atoms with Crippen molar-refractivity contribution in [2.24, 2.45) is 11.8 Å². The fourth-order valence-electron chi connectivity index (χ4n) is 4.41. The van der Waals surface area contributed by atoms with Crippen molar-refractivity contribution in [2.45, 2.75) is 33.2 Å². The van der Waals surface area contributed by atoms with E-state index in [4.69, 9.17) is 4.74 Å². The van der Waals surface area contributed by atoms with Crippen molar-refractivity contribution in [2.75, 3.05) is 52.5 Å². The maximum Gasteiger partial charge on any atom is 0.251 e. The van der Waals surface area contributed by atoms with Crippen LogP contribution >= 0.6 is 0 Å². The Kier molecular flexibility index (Phi) is 7.68. The summed E-state index contributed by atoms with van der Waals surface area (Å²) < 4.78 is 5.40. The van der Waals surface area contributed by atoms with Crippen molar-refractivity contribution in [1.82, 2.24) is 15.1 Å². The minimum atomic E-state index is 0.0409. The molecule has 5 heteroatoms. The summed E-state index contributed by atoms with van der Waals surface area (Å²) in [5, 5.41) is 3.09. The third kappa shape index (κ3) is 6.59. The average Bonchev–Trinajstić information content (AvgIpc) is 2.65. The highest BCUT2D eigenvalue weighted by molar-refractivity contribution is 5.94. The SMILES string of the molecule is C[C@@H]1C[C@H](C)CN(CCCNC(=O)c2cccc(CN3CCOCC3)c2)C1. The average molecular weight is 374 g/mol. The van der Waals surface area contributed by atoms with Gasteiger partial charge in [0.2, 0.25) is 0 Å². The fourth-order valence-corrected chi connectivity index (χ4v) is 4.41. The second kappa shape index (κ2) is 10.2. The quantitative estimate of drug-likeness (QED) is 0.747. The van der Waals surface area contributed by atoms with E-state index in [0.29, 0.717) is 0 Å². The predicted octanol–water partition coefficient (Wildman–Crippen LogP) is 2.62. The molecule has 1 N–H and O–H groups in total. The largest absolute Gasteiger partial charge is 0.379 e. The number of nitrogens with zero attached hydrogens (tertiary/aromatic N) is 2. The fraction of sp³-hybridized carbons (Fsp3) is 0.682. The first kappa shape index (κ1) is 20.3. The molecule has 2 heterocycles. The molecule has 0 saturated carbocycles. The molecule has 0 aliphatic carbocycles. The summed E-state index contributed by atoms with van der Waals surface area (Å²) >= 11 is 0. The monoisotopic (exact) mass is 373 g/mol. The molecule has 27 heavy (non-hydrogen) atoms. The van der Waals surface area contributed by atoms with E-state index in [9.17, 15) is 4.79 Å². The zero-order valence-corrected chi connectivity index (χ0v) is 17.0. The Morgan fingerprint density at radius 3 is 2.63 bits per heavy atom. The molecular weight excluding hydrogens is 338 g/mol. The van der Waals surface area contributed by atoms with Crippen LogP contribution in [-0.4, -0.2) is 68.2 Å². The Hall–Kier alpha value is -1.43. The van der Waals surface area contributed by atoms with E-state index in [1.807, 2.05) is 18.2 Å². The second-order valence-electron chi connectivity index (χ2n) is 8.40. The van der Waals surface area contributed by atoms with Crippen molar-refractivity contribution in [3.8, 4) is 0 Å². The van der Waals surface area contributed by atoms with Gasteiger partial charge in [-0.2, -0.15) is 0 Å². The molecule has 1 aromatic carbocycles. The zero-order chi connectivity index (χ0) is 19.1. The number of amides is 1. The lowest BCUT2D eigenvalue weighted by Gasteiger charge is -2.34. The number of hydrogen-bond donors (Lipinski definition) is 1. The lowest BCUT2D eigenvalue weighted by Crippen LogP contribution is -2.40. The van der Waals surface area contributed by atoms with Gasteiger partial charge in [-0.25, -0.2) is 0 Å². The molecule has 0 radical (unpaired) electrons. The van der Waals surface area contributed by atoms with Crippen LogP contribution in [0.1, 0.15) is 42.6 Å². The third-order valence-electron chi connectivity index (χ3n) is 5.58. The highest BCUT2D eigenvalue weighted by Crippen LogP contribution is 2.20. The van der Waals surface area contributed by atoms with Gasteiger partial charge in [0, 0.05) is 44.8 Å². The van der Waals surface area contributed by atoms with Crippen molar-refractivity contribution >= 4 is 5.91 Å². The third-order valence-corrected chi connectivity index (χ3v) is 5.58. The summed E-state index contributed by atoms with van der Waals surface area (Å²) in [4.78, 5) is 17.4. The summed E-state index contributed by atoms with van der Waals surface area (Å²) in [6.45, 7) is 13.3. The molecule has 2 fully saturated rings. The van der Waals surface area contributed by atoms with Crippen LogP contribution in [0.2, 0.25) is 0 Å². The number of benzene rings is 1. The Morgan fingerprint density at radius 2 is 1.89 bits per heavy atom. The molecule has 3 rings (SSSR count). The van der Waals surface area contributed by atoms with Gasteiger partial charge in [0.25, 0.3) is 5.91 Å². The lowest BCUT2D eigenvalue weighted by atomic mass is 9.92. The summed E-state index contributed by atoms with van der Waals surface area (Å²) in [5.41, 5.74) is 1.96. The highest BCUT2D eigenvalue weighted by Gasteiger charge is 2.21. The van der Waals surface area contributed by atoms with Gasteiger partial charge >= 0.3 is 0 Å². The van der Waals surface area contributed by atoms with Crippen molar-refractivity contribution < 1.29 is 9.53 Å². The van der Waals surface area contributed by atoms with Gasteiger partial charge in [-0.3, -0.25) is 9.69 Å². The van der Waals surface area contributed by atoms with Crippen molar-refractivity contribution in [1.29, 1.82) is 0 Å². The molecule has 0 spiro atoms. The van der Waals surface area contributed by atoms with E-state index in [1.165, 1.54) is 25.1 Å². The predicted molar refractivity (Wildman–Crippen MR) is 109 cm³/mol. The van der Waals surface area contributed by atoms with E-state index in [2.05, 4.69) is 35.0 Å². The lowest BCUT2D eigenvalue weighted by molar-refractivity contribution is 0.0342. The van der Waals surface area contributed by atoms with Crippen LogP contribution in [0.25, 0.3) is 0 Å². The summed E-state index contributed by atoms with van der Waals surface area (Å²) in [5.74, 6) is 1.62. The topological polar surface area (TPSA) is 44.8 Å². The first-order valence-corrected chi connectivity index (χ1v) is 10.5. The van der Waals surface area contributed by atoms with Gasteiger partial charge in [0.1, 0.15) is 0 Å².